The Morgan fingerprint density at radius 3 is 2.30 bits per heavy atom. The van der Waals surface area contributed by atoms with Crippen LogP contribution in [0.25, 0.3) is 0 Å². The highest BCUT2D eigenvalue weighted by atomic mass is 19.1. The number of hydrogen-bond donors (Lipinski definition) is 1. The molecule has 0 radical (unpaired) electrons. The first-order valence-corrected chi connectivity index (χ1v) is 10.2. The van der Waals surface area contributed by atoms with E-state index in [1.807, 2.05) is 30.3 Å². The first kappa shape index (κ1) is 23.6. The molecule has 0 saturated heterocycles. The third-order valence-corrected chi connectivity index (χ3v) is 4.51. The average Bonchev–Trinajstić information content (AvgIpc) is 2.78. The van der Waals surface area contributed by atoms with E-state index in [-0.39, 0.29) is 29.2 Å². The number of ketones is 1. The van der Waals surface area contributed by atoms with Crippen molar-refractivity contribution in [3.8, 4) is 0 Å². The predicted octanol–water partition coefficient (Wildman–Crippen LogP) is 5.22. The number of aromatic nitrogens is 1. The zero-order chi connectivity index (χ0) is 24.0. The quantitative estimate of drug-likeness (QED) is 0.241. The smallest absolute Gasteiger partial charge is 0.416 e. The van der Waals surface area contributed by atoms with Gasteiger partial charge in [0.15, 0.2) is 5.71 Å². The first-order valence-electron chi connectivity index (χ1n) is 10.2. The molecule has 0 unspecified atom stereocenters. The molecule has 1 aromatic heterocycles. The first-order chi connectivity index (χ1) is 15.7. The predicted molar refractivity (Wildman–Crippen MR) is 122 cm³/mol. The van der Waals surface area contributed by atoms with Gasteiger partial charge in [-0.25, -0.2) is 14.2 Å². The number of halogens is 1. The van der Waals surface area contributed by atoms with Crippen molar-refractivity contribution < 1.29 is 23.9 Å². The molecule has 0 aliphatic rings. The summed E-state index contributed by atoms with van der Waals surface area (Å²) < 4.78 is 18.8. The molecule has 0 aliphatic heterocycles. The lowest BCUT2D eigenvalue weighted by Gasteiger charge is -2.27. The van der Waals surface area contributed by atoms with Gasteiger partial charge in [0.2, 0.25) is 5.78 Å². The Balaban J connectivity index is 1.97. The number of ether oxygens (including phenoxy) is 1. The highest BCUT2D eigenvalue weighted by Gasteiger charge is 2.26. The lowest BCUT2D eigenvalue weighted by Crippen LogP contribution is -2.37. The Labute approximate surface area is 191 Å². The number of rotatable bonds is 6. The van der Waals surface area contributed by atoms with Gasteiger partial charge in [-0.2, -0.15) is 0 Å². The zero-order valence-electron chi connectivity index (χ0n) is 18.5. The third kappa shape index (κ3) is 6.22. The number of carbonyl (C=O) groups excluding carboxylic acids is 2. The molecule has 0 bridgehead atoms. The Kier molecular flexibility index (Phi) is 7.17. The Hall–Kier alpha value is -4.07. The number of hydrogen-bond acceptors (Lipinski definition) is 6. The van der Waals surface area contributed by atoms with Crippen molar-refractivity contribution in [2.45, 2.75) is 32.9 Å². The van der Waals surface area contributed by atoms with E-state index in [0.717, 1.165) is 17.7 Å². The fourth-order valence-electron chi connectivity index (χ4n) is 3.01. The largest absolute Gasteiger partial charge is 0.443 e. The molecule has 33 heavy (non-hydrogen) atoms. The van der Waals surface area contributed by atoms with Crippen LogP contribution in [0.15, 0.2) is 78.1 Å². The lowest BCUT2D eigenvalue weighted by atomic mass is 10.0. The van der Waals surface area contributed by atoms with Crippen molar-refractivity contribution in [2.75, 3.05) is 4.90 Å². The summed E-state index contributed by atoms with van der Waals surface area (Å²) in [5.74, 6) is -0.894. The van der Waals surface area contributed by atoms with Gasteiger partial charge in [-0.3, -0.25) is 9.69 Å². The molecule has 0 atom stereocenters. The maximum Gasteiger partial charge on any atom is 0.416 e. The van der Waals surface area contributed by atoms with Crippen LogP contribution in [0.5, 0.6) is 0 Å². The number of oxime groups is 1. The molecule has 0 spiro atoms. The standard InChI is InChI=1S/C25H24FN3O4/c1-25(2,3)33-24(31)29(16-17-7-5-4-6-8-17)21-15-19(13-14-27-21)22(28-32)23(30)18-9-11-20(26)12-10-18/h4-15,32H,16H2,1-3H3/b28-22+. The Morgan fingerprint density at radius 2 is 1.70 bits per heavy atom. The van der Waals surface area contributed by atoms with E-state index in [1.54, 1.807) is 20.8 Å². The maximum atomic E-state index is 13.2. The summed E-state index contributed by atoms with van der Waals surface area (Å²) in [7, 11) is 0. The highest BCUT2D eigenvalue weighted by Crippen LogP contribution is 2.21. The fraction of sp³-hybridized carbons (Fsp3) is 0.200. The molecule has 0 saturated carbocycles. The average molecular weight is 449 g/mol. The molecule has 1 N–H and O–H groups in total. The van der Waals surface area contributed by atoms with Gasteiger partial charge < -0.3 is 9.94 Å². The van der Waals surface area contributed by atoms with Crippen molar-refractivity contribution in [1.82, 2.24) is 4.98 Å². The number of nitrogens with zero attached hydrogens (tertiary/aromatic N) is 3. The van der Waals surface area contributed by atoms with Gasteiger partial charge in [-0.1, -0.05) is 35.5 Å². The van der Waals surface area contributed by atoms with Crippen LogP contribution in [0.1, 0.15) is 42.3 Å². The summed E-state index contributed by atoms with van der Waals surface area (Å²) in [4.78, 5) is 31.4. The monoisotopic (exact) mass is 449 g/mol. The van der Waals surface area contributed by atoms with Crippen LogP contribution in [-0.2, 0) is 11.3 Å². The van der Waals surface area contributed by atoms with Crippen LogP contribution in [0.3, 0.4) is 0 Å². The summed E-state index contributed by atoms with van der Waals surface area (Å²) >= 11 is 0. The van der Waals surface area contributed by atoms with Gasteiger partial charge in [0.25, 0.3) is 0 Å². The molecule has 8 heteroatoms. The van der Waals surface area contributed by atoms with Gasteiger partial charge in [0.05, 0.1) is 6.54 Å². The van der Waals surface area contributed by atoms with Gasteiger partial charge in [0.1, 0.15) is 17.2 Å². The summed E-state index contributed by atoms with van der Waals surface area (Å²) in [5, 5.41) is 12.7. The molecule has 7 nitrogen and oxygen atoms in total. The van der Waals surface area contributed by atoms with Crippen molar-refractivity contribution in [3.05, 3.63) is 95.4 Å². The maximum absolute atomic E-state index is 13.2. The molecule has 2 aromatic carbocycles. The number of amides is 1. The van der Waals surface area contributed by atoms with Gasteiger partial charge in [0, 0.05) is 17.3 Å². The van der Waals surface area contributed by atoms with Crippen molar-refractivity contribution >= 4 is 23.4 Å². The van der Waals surface area contributed by atoms with Crippen LogP contribution in [0, 0.1) is 5.82 Å². The topological polar surface area (TPSA) is 92.1 Å². The van der Waals surface area contributed by atoms with E-state index in [9.17, 15) is 19.2 Å². The van der Waals surface area contributed by atoms with E-state index < -0.39 is 23.3 Å². The van der Waals surface area contributed by atoms with Gasteiger partial charge in [-0.05, 0) is 62.7 Å². The number of benzene rings is 2. The van der Waals surface area contributed by atoms with Crippen LogP contribution >= 0.6 is 0 Å². The van der Waals surface area contributed by atoms with Crippen molar-refractivity contribution in [1.29, 1.82) is 0 Å². The SMILES string of the molecule is CC(C)(C)OC(=O)N(Cc1ccccc1)c1cc(/C(=N\O)C(=O)c2ccc(F)cc2)ccn1. The van der Waals surface area contributed by atoms with Crippen molar-refractivity contribution in [3.63, 3.8) is 0 Å². The van der Waals surface area contributed by atoms with E-state index in [4.69, 9.17) is 4.74 Å². The fourth-order valence-corrected chi connectivity index (χ4v) is 3.01. The molecule has 0 fully saturated rings. The van der Waals surface area contributed by atoms with Crippen LogP contribution < -0.4 is 4.90 Å². The summed E-state index contributed by atoms with van der Waals surface area (Å²) in [6.45, 7) is 5.44. The normalized spacial score (nSPS) is 11.7. The summed E-state index contributed by atoms with van der Waals surface area (Å²) in [5.41, 5.74) is 0.220. The molecular formula is C25H24FN3O4. The van der Waals surface area contributed by atoms with Gasteiger partial charge in [-0.15, -0.1) is 0 Å². The summed E-state index contributed by atoms with van der Waals surface area (Å²) in [6, 6.07) is 17.1. The second kappa shape index (κ2) is 10.0. The number of pyridine rings is 1. The molecule has 170 valence electrons. The minimum Gasteiger partial charge on any atom is -0.443 e. The molecule has 0 aliphatic carbocycles. The van der Waals surface area contributed by atoms with Crippen molar-refractivity contribution in [2.24, 2.45) is 5.16 Å². The highest BCUT2D eigenvalue weighted by molar-refractivity contribution is 6.51. The Morgan fingerprint density at radius 1 is 1.03 bits per heavy atom. The summed E-state index contributed by atoms with van der Waals surface area (Å²) in [6.07, 6.45) is 0.777. The van der Waals surface area contributed by atoms with Crippen LogP contribution in [0.2, 0.25) is 0 Å². The van der Waals surface area contributed by atoms with E-state index >= 15 is 0 Å². The minimum atomic E-state index is -0.736. The molecule has 3 rings (SSSR count). The third-order valence-electron chi connectivity index (χ3n) is 4.51. The zero-order valence-corrected chi connectivity index (χ0v) is 18.5. The van der Waals surface area contributed by atoms with Crippen LogP contribution in [-0.4, -0.2) is 33.4 Å². The molecule has 1 heterocycles. The molecule has 1 amide bonds. The molecule has 3 aromatic rings. The number of Topliss-reactive ketones (excluding diaryl/α,β-unsaturated/α-hetero) is 1. The lowest BCUT2D eigenvalue weighted by molar-refractivity contribution is 0.0576. The van der Waals surface area contributed by atoms with E-state index in [2.05, 4.69) is 10.1 Å². The van der Waals surface area contributed by atoms with Gasteiger partial charge >= 0.3 is 6.09 Å². The van der Waals surface area contributed by atoms with E-state index in [1.165, 1.54) is 35.4 Å². The minimum absolute atomic E-state index is 0.149. The van der Waals surface area contributed by atoms with Crippen LogP contribution in [0.4, 0.5) is 15.0 Å². The number of carbonyl (C=O) groups is 2. The second-order valence-electron chi connectivity index (χ2n) is 8.24. The number of anilines is 1. The Bertz CT molecular complexity index is 1160. The second-order valence-corrected chi connectivity index (χ2v) is 8.24. The van der Waals surface area contributed by atoms with E-state index in [0.29, 0.717) is 0 Å². The molecular weight excluding hydrogens is 425 g/mol.